The number of Topliss-reactive ketones (excluding diaryl/α,β-unsaturated/α-hetero) is 1. The highest BCUT2D eigenvalue weighted by molar-refractivity contribution is 5.81. The molecule has 76 valence electrons. The molecule has 0 aromatic carbocycles. The summed E-state index contributed by atoms with van der Waals surface area (Å²) in [4.78, 5) is 11.0. The van der Waals surface area contributed by atoms with Gasteiger partial charge >= 0.3 is 0 Å². The molecule has 3 nitrogen and oxygen atoms in total. The van der Waals surface area contributed by atoms with Gasteiger partial charge in [0.25, 0.3) is 0 Å². The van der Waals surface area contributed by atoms with E-state index in [1.54, 1.807) is 6.92 Å². The maximum atomic E-state index is 11.0. The largest absolute Gasteiger partial charge is 0.371 e. The first-order valence-corrected chi connectivity index (χ1v) is 4.80. The minimum absolute atomic E-state index is 0.00681. The van der Waals surface area contributed by atoms with Crippen molar-refractivity contribution >= 4 is 5.78 Å². The molecule has 0 aliphatic carbocycles. The third-order valence-electron chi connectivity index (χ3n) is 2.10. The van der Waals surface area contributed by atoms with Crippen molar-refractivity contribution in [2.45, 2.75) is 51.9 Å². The molecule has 0 spiro atoms. The first-order valence-electron chi connectivity index (χ1n) is 4.80. The summed E-state index contributed by atoms with van der Waals surface area (Å²) in [6.07, 6.45) is 1.00. The minimum Gasteiger partial charge on any atom is -0.371 e. The number of carbonyl (C=O) groups excluding carboxylic acids is 1. The van der Waals surface area contributed by atoms with E-state index in [1.165, 1.54) is 0 Å². The summed E-state index contributed by atoms with van der Waals surface area (Å²) >= 11 is 0. The lowest BCUT2D eigenvalue weighted by molar-refractivity contribution is -0.119. The summed E-state index contributed by atoms with van der Waals surface area (Å²) in [5, 5.41) is 3.15. The van der Waals surface area contributed by atoms with Gasteiger partial charge in [0.1, 0.15) is 5.78 Å². The Morgan fingerprint density at radius 3 is 2.46 bits per heavy atom. The summed E-state index contributed by atoms with van der Waals surface area (Å²) in [5.74, 6) is 0.208. The Morgan fingerprint density at radius 2 is 2.08 bits per heavy atom. The Hall–Kier alpha value is -0.410. The summed E-state index contributed by atoms with van der Waals surface area (Å²) in [5.41, 5.74) is -0.113. The highest BCUT2D eigenvalue weighted by atomic mass is 16.5. The van der Waals surface area contributed by atoms with Gasteiger partial charge in [-0.3, -0.25) is 4.79 Å². The van der Waals surface area contributed by atoms with Crippen LogP contribution in [0.4, 0.5) is 0 Å². The molecule has 2 atom stereocenters. The summed E-state index contributed by atoms with van der Waals surface area (Å²) < 4.78 is 5.76. The molecule has 3 heteroatoms. The van der Waals surface area contributed by atoms with Crippen LogP contribution in [-0.4, -0.2) is 30.1 Å². The molecule has 1 saturated heterocycles. The Kier molecular flexibility index (Phi) is 3.09. The van der Waals surface area contributed by atoms with Crippen LogP contribution in [0.3, 0.4) is 0 Å². The fraction of sp³-hybridized carbons (Fsp3) is 0.900. The second-order valence-corrected chi connectivity index (χ2v) is 4.66. The molecule has 0 saturated carbocycles. The second kappa shape index (κ2) is 3.76. The smallest absolute Gasteiger partial charge is 0.146 e. The van der Waals surface area contributed by atoms with Gasteiger partial charge in [-0.25, -0.2) is 0 Å². The maximum absolute atomic E-state index is 11.0. The number of nitrogens with one attached hydrogen (secondary N) is 1. The van der Waals surface area contributed by atoms with E-state index in [0.717, 1.165) is 13.0 Å². The third-order valence-corrected chi connectivity index (χ3v) is 2.10. The average molecular weight is 185 g/mol. The van der Waals surface area contributed by atoms with Crippen molar-refractivity contribution < 1.29 is 9.53 Å². The van der Waals surface area contributed by atoms with Gasteiger partial charge in [-0.05, 0) is 34.1 Å². The first-order chi connectivity index (χ1) is 5.88. The molecule has 0 aromatic rings. The Bertz CT molecular complexity index is 196. The van der Waals surface area contributed by atoms with Gasteiger partial charge < -0.3 is 10.1 Å². The van der Waals surface area contributed by atoms with Crippen LogP contribution in [0.15, 0.2) is 0 Å². The Balaban J connectivity index is 2.38. The highest BCUT2D eigenvalue weighted by Gasteiger charge is 2.30. The average Bonchev–Trinajstić information content (AvgIpc) is 2.31. The molecule has 13 heavy (non-hydrogen) atoms. The van der Waals surface area contributed by atoms with Crippen LogP contribution in [0.5, 0.6) is 0 Å². The van der Waals surface area contributed by atoms with Gasteiger partial charge in [0.15, 0.2) is 0 Å². The van der Waals surface area contributed by atoms with E-state index >= 15 is 0 Å². The molecule has 1 aliphatic rings. The minimum atomic E-state index is -0.113. The monoisotopic (exact) mass is 185 g/mol. The number of hydrogen-bond donors (Lipinski definition) is 1. The molecule has 1 aliphatic heterocycles. The molecular formula is C10H19NO2. The standard InChI is InChI=1S/C10H19NO2/c1-7(12)9-5-8(6-11-9)13-10(2,3)4/h8-9,11H,5-6H2,1-4H3. The molecule has 2 unspecified atom stereocenters. The molecule has 0 aromatic heterocycles. The maximum Gasteiger partial charge on any atom is 0.146 e. The van der Waals surface area contributed by atoms with Gasteiger partial charge in [-0.15, -0.1) is 0 Å². The third kappa shape index (κ3) is 3.44. The number of hydrogen-bond acceptors (Lipinski definition) is 3. The van der Waals surface area contributed by atoms with Gasteiger partial charge in [-0.2, -0.15) is 0 Å². The van der Waals surface area contributed by atoms with Crippen LogP contribution in [0.25, 0.3) is 0 Å². The van der Waals surface area contributed by atoms with Gasteiger partial charge in [0.05, 0.1) is 17.7 Å². The van der Waals surface area contributed by atoms with Crippen LogP contribution >= 0.6 is 0 Å². The van der Waals surface area contributed by atoms with E-state index in [9.17, 15) is 4.79 Å². The fourth-order valence-electron chi connectivity index (χ4n) is 1.60. The topological polar surface area (TPSA) is 38.3 Å². The Morgan fingerprint density at radius 1 is 1.46 bits per heavy atom. The molecule has 1 heterocycles. The van der Waals surface area contributed by atoms with Crippen LogP contribution in [0.2, 0.25) is 0 Å². The molecule has 0 bridgehead atoms. The summed E-state index contributed by atoms with van der Waals surface area (Å²) in [6, 6.07) is 0.00681. The van der Waals surface area contributed by atoms with Crippen LogP contribution in [0, 0.1) is 0 Å². The SMILES string of the molecule is CC(=O)C1CC(OC(C)(C)C)CN1. The second-order valence-electron chi connectivity index (χ2n) is 4.66. The van der Waals surface area contributed by atoms with Crippen LogP contribution < -0.4 is 5.32 Å². The van der Waals surface area contributed by atoms with Gasteiger partial charge in [0.2, 0.25) is 0 Å². The van der Waals surface area contributed by atoms with E-state index in [0.29, 0.717) is 0 Å². The van der Waals surface area contributed by atoms with Crippen LogP contribution in [-0.2, 0) is 9.53 Å². The predicted molar refractivity (Wildman–Crippen MR) is 51.7 cm³/mol. The van der Waals surface area contributed by atoms with Crippen molar-refractivity contribution in [1.82, 2.24) is 5.32 Å². The predicted octanol–water partition coefficient (Wildman–Crippen LogP) is 1.12. The number of ketones is 1. The van der Waals surface area contributed by atoms with Crippen molar-refractivity contribution in [3.8, 4) is 0 Å². The quantitative estimate of drug-likeness (QED) is 0.700. The van der Waals surface area contributed by atoms with Crippen molar-refractivity contribution in [3.63, 3.8) is 0 Å². The number of carbonyl (C=O) groups is 1. The van der Waals surface area contributed by atoms with E-state index in [1.807, 2.05) is 20.8 Å². The molecule has 1 rings (SSSR count). The van der Waals surface area contributed by atoms with Crippen molar-refractivity contribution in [1.29, 1.82) is 0 Å². The van der Waals surface area contributed by atoms with E-state index < -0.39 is 0 Å². The summed E-state index contributed by atoms with van der Waals surface area (Å²) in [7, 11) is 0. The normalized spacial score (nSPS) is 29.2. The highest BCUT2D eigenvalue weighted by Crippen LogP contribution is 2.18. The summed E-state index contributed by atoms with van der Waals surface area (Å²) in [6.45, 7) is 8.52. The Labute approximate surface area is 79.8 Å². The zero-order valence-electron chi connectivity index (χ0n) is 8.89. The fourth-order valence-corrected chi connectivity index (χ4v) is 1.60. The zero-order chi connectivity index (χ0) is 10.1. The molecule has 0 amide bonds. The molecule has 1 N–H and O–H groups in total. The first kappa shape index (κ1) is 10.7. The van der Waals surface area contributed by atoms with E-state index in [-0.39, 0.29) is 23.5 Å². The number of ether oxygens (including phenoxy) is 1. The molecular weight excluding hydrogens is 166 g/mol. The van der Waals surface area contributed by atoms with Crippen LogP contribution in [0.1, 0.15) is 34.1 Å². The van der Waals surface area contributed by atoms with Gasteiger partial charge in [0, 0.05) is 6.54 Å². The lowest BCUT2D eigenvalue weighted by Crippen LogP contribution is -2.29. The number of rotatable bonds is 2. The van der Waals surface area contributed by atoms with E-state index in [2.05, 4.69) is 5.32 Å². The molecule has 0 radical (unpaired) electrons. The van der Waals surface area contributed by atoms with Crippen molar-refractivity contribution in [3.05, 3.63) is 0 Å². The zero-order valence-corrected chi connectivity index (χ0v) is 8.89. The van der Waals surface area contributed by atoms with Crippen molar-refractivity contribution in [2.75, 3.05) is 6.54 Å². The van der Waals surface area contributed by atoms with Crippen molar-refractivity contribution in [2.24, 2.45) is 0 Å². The molecule has 1 fully saturated rings. The lowest BCUT2D eigenvalue weighted by Gasteiger charge is -2.24. The lowest BCUT2D eigenvalue weighted by atomic mass is 10.1. The van der Waals surface area contributed by atoms with Gasteiger partial charge in [-0.1, -0.05) is 0 Å². The van der Waals surface area contributed by atoms with E-state index in [4.69, 9.17) is 4.74 Å².